The standard InChI is InChI=1S/C25H19F4N7O/c1-4-35(2)20-11-17(25(27,28)29)10-18(12-20)33-24(37)16-6-8-21(26)15(9-16)5-7-19-13-30-23(36(19)3)22-31-14-32-34-22/h4,6,8-14H,1H2,2-3H3,(H,33,37)(H,31,32,34). The van der Waals surface area contributed by atoms with Gasteiger partial charge in [0.05, 0.1) is 17.3 Å². The van der Waals surface area contributed by atoms with E-state index in [0.717, 1.165) is 18.2 Å². The van der Waals surface area contributed by atoms with Gasteiger partial charge in [-0.05, 0) is 48.5 Å². The third-order valence-electron chi connectivity index (χ3n) is 5.34. The quantitative estimate of drug-likeness (QED) is 0.303. The summed E-state index contributed by atoms with van der Waals surface area (Å²) in [6, 6.07) is 6.61. The molecular weight excluding hydrogens is 490 g/mol. The largest absolute Gasteiger partial charge is 0.416 e. The predicted molar refractivity (Wildman–Crippen MR) is 129 cm³/mol. The highest BCUT2D eigenvalue weighted by Gasteiger charge is 2.31. The van der Waals surface area contributed by atoms with E-state index in [1.165, 1.54) is 48.9 Å². The van der Waals surface area contributed by atoms with Crippen LogP contribution in [0.2, 0.25) is 0 Å². The number of aromatic nitrogens is 5. The van der Waals surface area contributed by atoms with Crippen molar-refractivity contribution in [2.45, 2.75) is 6.18 Å². The predicted octanol–water partition coefficient (Wildman–Crippen LogP) is 4.59. The molecular formula is C25H19F4N7O. The molecule has 0 unspecified atom stereocenters. The average Bonchev–Trinajstić information content (AvgIpc) is 3.52. The second kappa shape index (κ2) is 9.98. The molecule has 2 heterocycles. The fraction of sp³-hybridized carbons (Fsp3) is 0.120. The first-order valence-electron chi connectivity index (χ1n) is 10.7. The summed E-state index contributed by atoms with van der Waals surface area (Å²) in [6.45, 7) is 3.54. The number of hydrogen-bond donors (Lipinski definition) is 2. The SMILES string of the molecule is C=CN(C)c1cc(NC(=O)c2ccc(F)c(C#Cc3cnc(-c4nc[nH]n4)n3C)c2)cc(C(F)(F)F)c1. The van der Waals surface area contributed by atoms with Gasteiger partial charge in [-0.2, -0.15) is 18.3 Å². The van der Waals surface area contributed by atoms with Gasteiger partial charge in [-0.1, -0.05) is 12.5 Å². The Kier molecular flexibility index (Phi) is 6.79. The Bertz CT molecular complexity index is 1530. The van der Waals surface area contributed by atoms with Crippen LogP contribution in [-0.4, -0.2) is 37.7 Å². The van der Waals surface area contributed by atoms with Gasteiger partial charge in [-0.15, -0.1) is 0 Å². The van der Waals surface area contributed by atoms with Crippen LogP contribution < -0.4 is 10.2 Å². The molecule has 2 aromatic heterocycles. The molecule has 12 heteroatoms. The second-order valence-corrected chi connectivity index (χ2v) is 7.81. The molecule has 0 saturated carbocycles. The molecule has 4 aromatic rings. The van der Waals surface area contributed by atoms with Crippen LogP contribution in [0, 0.1) is 17.7 Å². The highest BCUT2D eigenvalue weighted by Crippen LogP contribution is 2.34. The van der Waals surface area contributed by atoms with Gasteiger partial charge in [0.2, 0.25) is 5.82 Å². The molecule has 1 amide bonds. The van der Waals surface area contributed by atoms with E-state index in [1.54, 1.807) is 11.6 Å². The van der Waals surface area contributed by atoms with Crippen molar-refractivity contribution in [1.82, 2.24) is 24.7 Å². The zero-order chi connectivity index (χ0) is 26.7. The van der Waals surface area contributed by atoms with Gasteiger partial charge in [0.25, 0.3) is 5.91 Å². The molecule has 0 aliphatic heterocycles. The van der Waals surface area contributed by atoms with Crippen molar-refractivity contribution < 1.29 is 22.4 Å². The smallest absolute Gasteiger partial charge is 0.352 e. The maximum atomic E-state index is 14.4. The van der Waals surface area contributed by atoms with Crippen LogP contribution in [0.5, 0.6) is 0 Å². The van der Waals surface area contributed by atoms with Gasteiger partial charge in [0, 0.05) is 31.0 Å². The van der Waals surface area contributed by atoms with E-state index >= 15 is 0 Å². The molecule has 0 aliphatic rings. The van der Waals surface area contributed by atoms with Gasteiger partial charge in [0.1, 0.15) is 17.8 Å². The maximum absolute atomic E-state index is 14.4. The lowest BCUT2D eigenvalue weighted by atomic mass is 10.1. The monoisotopic (exact) mass is 509 g/mol. The van der Waals surface area contributed by atoms with E-state index in [0.29, 0.717) is 17.3 Å². The highest BCUT2D eigenvalue weighted by molar-refractivity contribution is 6.04. The summed E-state index contributed by atoms with van der Waals surface area (Å²) < 4.78 is 56.2. The van der Waals surface area contributed by atoms with Crippen molar-refractivity contribution in [3.05, 3.63) is 89.9 Å². The lowest BCUT2D eigenvalue weighted by molar-refractivity contribution is -0.137. The Morgan fingerprint density at radius 1 is 1.19 bits per heavy atom. The first-order valence-corrected chi connectivity index (χ1v) is 10.7. The molecule has 0 bridgehead atoms. The average molecular weight is 509 g/mol. The number of carbonyl (C=O) groups is 1. The molecule has 4 rings (SSSR count). The Hall–Kier alpha value is -4.92. The van der Waals surface area contributed by atoms with Crippen molar-refractivity contribution >= 4 is 17.3 Å². The van der Waals surface area contributed by atoms with E-state index in [4.69, 9.17) is 0 Å². The number of nitrogens with one attached hydrogen (secondary N) is 2. The van der Waals surface area contributed by atoms with Gasteiger partial charge in [-0.25, -0.2) is 14.4 Å². The molecule has 188 valence electrons. The number of benzene rings is 2. The summed E-state index contributed by atoms with van der Waals surface area (Å²) in [5.41, 5.74) is -0.490. The summed E-state index contributed by atoms with van der Waals surface area (Å²) >= 11 is 0. The fourth-order valence-electron chi connectivity index (χ4n) is 3.30. The van der Waals surface area contributed by atoms with E-state index in [9.17, 15) is 22.4 Å². The molecule has 0 atom stereocenters. The normalized spacial score (nSPS) is 11.0. The minimum absolute atomic E-state index is 0.00755. The Morgan fingerprint density at radius 3 is 2.65 bits per heavy atom. The topological polar surface area (TPSA) is 91.7 Å². The molecule has 0 aliphatic carbocycles. The Balaban J connectivity index is 1.61. The number of anilines is 2. The molecule has 0 radical (unpaired) electrons. The molecule has 0 fully saturated rings. The van der Waals surface area contributed by atoms with Crippen LogP contribution >= 0.6 is 0 Å². The van der Waals surface area contributed by atoms with Gasteiger partial charge < -0.3 is 14.8 Å². The number of imidazole rings is 1. The molecule has 37 heavy (non-hydrogen) atoms. The van der Waals surface area contributed by atoms with E-state index in [-0.39, 0.29) is 22.5 Å². The summed E-state index contributed by atoms with van der Waals surface area (Å²) in [7, 11) is 3.21. The summed E-state index contributed by atoms with van der Waals surface area (Å²) in [4.78, 5) is 22.4. The lowest BCUT2D eigenvalue weighted by Crippen LogP contribution is -2.15. The van der Waals surface area contributed by atoms with E-state index < -0.39 is 23.5 Å². The van der Waals surface area contributed by atoms with Gasteiger partial charge in [-0.3, -0.25) is 9.89 Å². The first kappa shape index (κ1) is 25.2. The number of rotatable bonds is 5. The van der Waals surface area contributed by atoms with Crippen molar-refractivity contribution in [1.29, 1.82) is 0 Å². The number of hydrogen-bond acceptors (Lipinski definition) is 5. The molecule has 0 saturated heterocycles. The maximum Gasteiger partial charge on any atom is 0.416 e. The number of H-pyrrole nitrogens is 1. The highest BCUT2D eigenvalue weighted by atomic mass is 19.4. The van der Waals surface area contributed by atoms with Crippen molar-refractivity contribution in [3.8, 4) is 23.5 Å². The number of halogens is 4. The summed E-state index contributed by atoms with van der Waals surface area (Å²) in [5, 5.41) is 8.98. The summed E-state index contributed by atoms with van der Waals surface area (Å²) in [5.74, 6) is 4.86. The molecule has 2 aromatic carbocycles. The third kappa shape index (κ3) is 5.51. The van der Waals surface area contributed by atoms with E-state index in [2.05, 4.69) is 43.9 Å². The number of aromatic amines is 1. The number of nitrogens with zero attached hydrogens (tertiary/aromatic N) is 5. The van der Waals surface area contributed by atoms with Crippen LogP contribution in [0.25, 0.3) is 11.6 Å². The first-order chi connectivity index (χ1) is 17.6. The van der Waals surface area contributed by atoms with Gasteiger partial charge in [0.15, 0.2) is 5.82 Å². The number of carbonyl (C=O) groups excluding carboxylic acids is 1. The molecule has 8 nitrogen and oxygen atoms in total. The van der Waals surface area contributed by atoms with Crippen LogP contribution in [0.3, 0.4) is 0 Å². The zero-order valence-electron chi connectivity index (χ0n) is 19.6. The van der Waals surface area contributed by atoms with E-state index in [1.807, 2.05) is 0 Å². The van der Waals surface area contributed by atoms with Crippen molar-refractivity contribution in [2.24, 2.45) is 7.05 Å². The van der Waals surface area contributed by atoms with Crippen LogP contribution in [0.4, 0.5) is 28.9 Å². The number of amides is 1. The second-order valence-electron chi connectivity index (χ2n) is 7.81. The zero-order valence-corrected chi connectivity index (χ0v) is 19.6. The Labute approximate surface area is 208 Å². The van der Waals surface area contributed by atoms with Crippen LogP contribution in [0.15, 0.2) is 61.7 Å². The fourth-order valence-corrected chi connectivity index (χ4v) is 3.30. The molecule has 0 spiro atoms. The third-order valence-corrected chi connectivity index (χ3v) is 5.34. The minimum atomic E-state index is -4.63. The van der Waals surface area contributed by atoms with Crippen LogP contribution in [-0.2, 0) is 13.2 Å². The van der Waals surface area contributed by atoms with Crippen molar-refractivity contribution in [3.63, 3.8) is 0 Å². The van der Waals surface area contributed by atoms with Gasteiger partial charge >= 0.3 is 6.18 Å². The molecule has 2 N–H and O–H groups in total. The Morgan fingerprint density at radius 2 is 1.97 bits per heavy atom. The van der Waals surface area contributed by atoms with Crippen LogP contribution in [0.1, 0.15) is 27.2 Å². The lowest BCUT2D eigenvalue weighted by Gasteiger charge is -2.18. The summed E-state index contributed by atoms with van der Waals surface area (Å²) in [6.07, 6.45) is -0.421. The minimum Gasteiger partial charge on any atom is -0.352 e. The number of alkyl halides is 3. The van der Waals surface area contributed by atoms with Crippen molar-refractivity contribution in [2.75, 3.05) is 17.3 Å².